The Morgan fingerprint density at radius 2 is 1.88 bits per heavy atom. The third-order valence-corrected chi connectivity index (χ3v) is 4.39. The fourth-order valence-electron chi connectivity index (χ4n) is 2.38. The van der Waals surface area contributed by atoms with Gasteiger partial charge in [-0.3, -0.25) is 4.79 Å². The minimum Gasteiger partial charge on any atom is -0.294 e. The van der Waals surface area contributed by atoms with E-state index in [0.717, 1.165) is 16.8 Å². The first-order chi connectivity index (χ1) is 12.3. The van der Waals surface area contributed by atoms with Crippen LogP contribution in [0.3, 0.4) is 0 Å². The number of Topliss-reactive ketones (excluding diaryl/α,β-unsaturated/α-hetero) is 1. The van der Waals surface area contributed by atoms with Gasteiger partial charge in [0.25, 0.3) is 0 Å². The zero-order valence-corrected chi connectivity index (χ0v) is 15.1. The SMILES string of the molecule is O=C(Cc1ccn(-c2nccc(I)c2F)n1)c1ccccc1C(F)(F)F. The second-order valence-corrected chi connectivity index (χ2v) is 6.49. The maximum atomic E-state index is 14.1. The van der Waals surface area contributed by atoms with Gasteiger partial charge >= 0.3 is 6.18 Å². The molecule has 0 radical (unpaired) electrons. The first-order valence-corrected chi connectivity index (χ1v) is 8.39. The molecule has 0 spiro atoms. The molecule has 0 aliphatic rings. The minimum absolute atomic E-state index is 0.0497. The molecule has 9 heteroatoms. The molecule has 0 aliphatic carbocycles. The van der Waals surface area contributed by atoms with Crippen LogP contribution < -0.4 is 0 Å². The molecule has 0 saturated carbocycles. The van der Waals surface area contributed by atoms with E-state index in [-0.39, 0.29) is 17.9 Å². The summed E-state index contributed by atoms with van der Waals surface area (Å²) in [6.07, 6.45) is -2.16. The molecule has 0 bridgehead atoms. The molecule has 4 nitrogen and oxygen atoms in total. The van der Waals surface area contributed by atoms with Gasteiger partial charge in [0.2, 0.25) is 0 Å². The Bertz CT molecular complexity index is 969. The van der Waals surface area contributed by atoms with Crippen molar-refractivity contribution in [1.29, 1.82) is 0 Å². The third kappa shape index (κ3) is 3.76. The summed E-state index contributed by atoms with van der Waals surface area (Å²) in [7, 11) is 0. The van der Waals surface area contributed by atoms with Crippen molar-refractivity contribution in [2.75, 3.05) is 0 Å². The van der Waals surface area contributed by atoms with Crippen LogP contribution in [0.5, 0.6) is 0 Å². The lowest BCUT2D eigenvalue weighted by Crippen LogP contribution is -2.14. The highest BCUT2D eigenvalue weighted by atomic mass is 127. The number of nitrogens with zero attached hydrogens (tertiary/aromatic N) is 3. The van der Waals surface area contributed by atoms with Crippen LogP contribution in [0.25, 0.3) is 5.82 Å². The van der Waals surface area contributed by atoms with Gasteiger partial charge in [0, 0.05) is 18.0 Å². The Hall–Kier alpha value is -2.30. The Labute approximate surface area is 159 Å². The molecule has 0 amide bonds. The second-order valence-electron chi connectivity index (χ2n) is 5.33. The van der Waals surface area contributed by atoms with Crippen molar-refractivity contribution >= 4 is 28.4 Å². The van der Waals surface area contributed by atoms with Crippen LogP contribution in [0, 0.1) is 9.39 Å². The Morgan fingerprint density at radius 1 is 1.15 bits per heavy atom. The molecular weight excluding hydrogens is 465 g/mol. The normalized spacial score (nSPS) is 11.6. The third-order valence-electron chi connectivity index (χ3n) is 3.56. The van der Waals surface area contributed by atoms with Gasteiger partial charge in [-0.25, -0.2) is 14.1 Å². The van der Waals surface area contributed by atoms with Crippen LogP contribution in [-0.2, 0) is 12.6 Å². The highest BCUT2D eigenvalue weighted by Gasteiger charge is 2.34. The quantitative estimate of drug-likeness (QED) is 0.318. The summed E-state index contributed by atoms with van der Waals surface area (Å²) in [6.45, 7) is 0. The van der Waals surface area contributed by atoms with Gasteiger partial charge in [0.1, 0.15) is 0 Å². The van der Waals surface area contributed by atoms with Gasteiger partial charge in [-0.2, -0.15) is 18.3 Å². The average Bonchev–Trinajstić information content (AvgIpc) is 3.04. The van der Waals surface area contributed by atoms with Crippen molar-refractivity contribution in [2.45, 2.75) is 12.6 Å². The fourth-order valence-corrected chi connectivity index (χ4v) is 2.78. The Morgan fingerprint density at radius 3 is 2.62 bits per heavy atom. The van der Waals surface area contributed by atoms with E-state index in [4.69, 9.17) is 0 Å². The maximum absolute atomic E-state index is 14.1. The molecule has 0 saturated heterocycles. The minimum atomic E-state index is -4.63. The maximum Gasteiger partial charge on any atom is 0.417 e. The van der Waals surface area contributed by atoms with Gasteiger partial charge < -0.3 is 0 Å². The molecule has 0 unspecified atom stereocenters. The zero-order chi connectivity index (χ0) is 18.9. The summed E-state index contributed by atoms with van der Waals surface area (Å²) < 4.78 is 54.7. The van der Waals surface area contributed by atoms with Gasteiger partial charge in [-0.05, 0) is 40.8 Å². The lowest BCUT2D eigenvalue weighted by molar-refractivity contribution is -0.137. The number of carbonyl (C=O) groups excluding carboxylic acids is 1. The number of alkyl halides is 3. The van der Waals surface area contributed by atoms with Crippen LogP contribution in [0.4, 0.5) is 17.6 Å². The molecule has 2 heterocycles. The number of aromatic nitrogens is 3. The number of halogens is 5. The monoisotopic (exact) mass is 475 g/mol. The van der Waals surface area contributed by atoms with Gasteiger partial charge in [-0.1, -0.05) is 18.2 Å². The highest BCUT2D eigenvalue weighted by molar-refractivity contribution is 14.1. The van der Waals surface area contributed by atoms with Crippen LogP contribution in [0.1, 0.15) is 21.6 Å². The second kappa shape index (κ2) is 7.14. The van der Waals surface area contributed by atoms with E-state index in [1.165, 1.54) is 36.7 Å². The van der Waals surface area contributed by atoms with E-state index in [0.29, 0.717) is 3.57 Å². The van der Waals surface area contributed by atoms with Crippen LogP contribution >= 0.6 is 22.6 Å². The van der Waals surface area contributed by atoms with E-state index in [2.05, 4.69) is 10.1 Å². The lowest BCUT2D eigenvalue weighted by Gasteiger charge is -2.11. The summed E-state index contributed by atoms with van der Waals surface area (Å²) in [5.74, 6) is -1.35. The predicted octanol–water partition coefficient (Wildman–Crippen LogP) is 4.46. The molecule has 1 aromatic carbocycles. The number of carbonyl (C=O) groups is 1. The highest BCUT2D eigenvalue weighted by Crippen LogP contribution is 2.32. The van der Waals surface area contributed by atoms with E-state index in [1.54, 1.807) is 22.6 Å². The van der Waals surface area contributed by atoms with Crippen molar-refractivity contribution in [1.82, 2.24) is 14.8 Å². The number of pyridine rings is 1. The molecule has 0 fully saturated rings. The topological polar surface area (TPSA) is 47.8 Å². The molecular formula is C17H10F4IN3O. The summed E-state index contributed by atoms with van der Waals surface area (Å²) in [5, 5.41) is 4.05. The standard InChI is InChI=1S/C17H10F4IN3O/c18-15-13(22)5-7-23-16(15)25-8-6-10(24-25)9-14(26)11-3-1-2-4-12(11)17(19,20)21/h1-8H,9H2. The lowest BCUT2D eigenvalue weighted by atomic mass is 10.0. The van der Waals surface area contributed by atoms with Crippen molar-refractivity contribution in [2.24, 2.45) is 0 Å². The molecule has 0 aliphatic heterocycles. The number of ketones is 1. The molecule has 3 rings (SSSR count). The average molecular weight is 475 g/mol. The molecule has 3 aromatic rings. The van der Waals surface area contributed by atoms with Crippen molar-refractivity contribution in [3.05, 3.63) is 75.0 Å². The fraction of sp³-hybridized carbons (Fsp3) is 0.118. The number of hydrogen-bond donors (Lipinski definition) is 0. The van der Waals surface area contributed by atoms with Crippen molar-refractivity contribution < 1.29 is 22.4 Å². The molecule has 26 heavy (non-hydrogen) atoms. The predicted molar refractivity (Wildman–Crippen MR) is 93.5 cm³/mol. The Kier molecular flexibility index (Phi) is 5.08. The van der Waals surface area contributed by atoms with Crippen LogP contribution in [0.2, 0.25) is 0 Å². The van der Waals surface area contributed by atoms with Crippen LogP contribution in [0.15, 0.2) is 48.8 Å². The molecule has 0 N–H and O–H groups in total. The largest absolute Gasteiger partial charge is 0.417 e. The Balaban J connectivity index is 1.87. The van der Waals surface area contributed by atoms with Gasteiger partial charge in [0.05, 0.1) is 21.2 Å². The van der Waals surface area contributed by atoms with Crippen LogP contribution in [-0.4, -0.2) is 20.5 Å². The first-order valence-electron chi connectivity index (χ1n) is 7.31. The van der Waals surface area contributed by atoms with Crippen molar-refractivity contribution in [3.63, 3.8) is 0 Å². The number of rotatable bonds is 4. The van der Waals surface area contributed by atoms with E-state index in [1.807, 2.05) is 0 Å². The van der Waals surface area contributed by atoms with E-state index >= 15 is 0 Å². The summed E-state index contributed by atoms with van der Waals surface area (Å²) in [5.41, 5.74) is -1.20. The smallest absolute Gasteiger partial charge is 0.294 e. The van der Waals surface area contributed by atoms with Gasteiger partial charge in [-0.15, -0.1) is 0 Å². The van der Waals surface area contributed by atoms with Gasteiger partial charge in [0.15, 0.2) is 17.4 Å². The molecule has 2 aromatic heterocycles. The van der Waals surface area contributed by atoms with Crippen molar-refractivity contribution in [3.8, 4) is 5.82 Å². The zero-order valence-electron chi connectivity index (χ0n) is 13.0. The molecule has 0 atom stereocenters. The summed E-state index contributed by atoms with van der Waals surface area (Å²) in [4.78, 5) is 16.2. The molecule has 134 valence electrons. The summed E-state index contributed by atoms with van der Waals surface area (Å²) >= 11 is 1.81. The van der Waals surface area contributed by atoms with E-state index in [9.17, 15) is 22.4 Å². The van der Waals surface area contributed by atoms with E-state index < -0.39 is 28.9 Å². The number of benzene rings is 1. The first kappa shape index (κ1) is 18.5. The number of hydrogen-bond acceptors (Lipinski definition) is 3. The summed E-state index contributed by atoms with van der Waals surface area (Å²) in [6, 6.07) is 7.50.